The first kappa shape index (κ1) is 10.4. The zero-order valence-corrected chi connectivity index (χ0v) is 15.8. The molecule has 26 heavy (non-hydrogen) atoms. The van der Waals surface area contributed by atoms with Crippen LogP contribution in [0.25, 0.3) is 0 Å². The van der Waals surface area contributed by atoms with Crippen molar-refractivity contribution >= 4 is 5.78 Å². The van der Waals surface area contributed by atoms with Gasteiger partial charge in [-0.05, 0) is 83.2 Å². The molecule has 0 spiro atoms. The Morgan fingerprint density at radius 1 is 1.12 bits per heavy atom. The van der Waals surface area contributed by atoms with Gasteiger partial charge in [0.05, 0.1) is 11.2 Å². The molecular weight excluding hydrogens is 324 g/mol. The first-order valence-corrected chi connectivity index (χ1v) is 9.90. The number of hydrogen-bond donors (Lipinski definition) is 2. The Kier molecular flexibility index (Phi) is 3.32. The van der Waals surface area contributed by atoms with Crippen molar-refractivity contribution in [3.8, 4) is 0 Å². The predicted octanol–water partition coefficient (Wildman–Crippen LogP) is 5.27. The maximum Gasteiger partial charge on any atom is 0.136 e. The summed E-state index contributed by atoms with van der Waals surface area (Å²) in [6, 6.07) is 0. The third-order valence-corrected chi connectivity index (χ3v) is 6.73. The monoisotopic (exact) mass is 378 g/mol. The Labute approximate surface area is 177 Å². The predicted molar refractivity (Wildman–Crippen MR) is 107 cm³/mol. The van der Waals surface area contributed by atoms with Gasteiger partial charge >= 0.3 is 0 Å². The number of Topliss-reactive ketones (excluding diaryl/α,β-unsaturated/α-hetero) is 1. The van der Waals surface area contributed by atoms with Gasteiger partial charge in [0, 0.05) is 28.8 Å². The van der Waals surface area contributed by atoms with Crippen molar-refractivity contribution in [1.29, 1.82) is 0 Å². The van der Waals surface area contributed by atoms with Crippen molar-refractivity contribution in [2.75, 3.05) is 0 Å². The SMILES string of the molecule is [2H]C([2H])([2H])C(O)(CCCC(CCCC(O)(C([2H])([2H])[2H])C([2H])([2H])[2H])[C@H]1CC[C@H]2C(=O)CCC[C@]12C)C([2H])([2H])[2H]. The first-order chi connectivity index (χ1) is 16.9. The van der Waals surface area contributed by atoms with E-state index in [1.54, 1.807) is 0 Å². The van der Waals surface area contributed by atoms with Gasteiger partial charge < -0.3 is 10.2 Å². The molecule has 0 unspecified atom stereocenters. The van der Waals surface area contributed by atoms with Gasteiger partial charge in [-0.3, -0.25) is 4.79 Å². The maximum atomic E-state index is 12.7. The molecule has 0 saturated heterocycles. The maximum absolute atomic E-state index is 12.7. The zero-order chi connectivity index (χ0) is 29.6. The molecule has 0 amide bonds. The Morgan fingerprint density at radius 2 is 1.69 bits per heavy atom. The normalized spacial score (nSPS) is 38.8. The lowest BCUT2D eigenvalue weighted by atomic mass is 9.61. The van der Waals surface area contributed by atoms with E-state index in [4.69, 9.17) is 16.4 Å². The van der Waals surface area contributed by atoms with Crippen LogP contribution in [-0.4, -0.2) is 27.2 Å². The van der Waals surface area contributed by atoms with Crippen LogP contribution in [0.5, 0.6) is 0 Å². The molecule has 3 heteroatoms. The molecular formula is C23H42O3. The number of aliphatic hydroxyl groups is 2. The van der Waals surface area contributed by atoms with E-state index >= 15 is 0 Å². The molecule has 2 saturated carbocycles. The third-order valence-electron chi connectivity index (χ3n) is 6.73. The van der Waals surface area contributed by atoms with Crippen LogP contribution in [0.3, 0.4) is 0 Å². The molecule has 0 bridgehead atoms. The summed E-state index contributed by atoms with van der Waals surface area (Å²) in [5.74, 6) is -0.115. The average molecular weight is 379 g/mol. The lowest BCUT2D eigenvalue weighted by Gasteiger charge is -2.43. The van der Waals surface area contributed by atoms with Gasteiger partial charge in [-0.15, -0.1) is 0 Å². The molecule has 0 aromatic rings. The van der Waals surface area contributed by atoms with Crippen LogP contribution in [0.2, 0.25) is 0 Å². The van der Waals surface area contributed by atoms with Crippen LogP contribution in [0.15, 0.2) is 0 Å². The number of carbonyl (C=O) groups excluding carboxylic acids is 1. The third kappa shape index (κ3) is 5.79. The number of ketones is 1. The summed E-state index contributed by atoms with van der Waals surface area (Å²) in [5, 5.41) is 21.3. The fourth-order valence-corrected chi connectivity index (χ4v) is 5.53. The van der Waals surface area contributed by atoms with Gasteiger partial charge in [0.15, 0.2) is 0 Å². The molecule has 2 aliphatic carbocycles. The van der Waals surface area contributed by atoms with Gasteiger partial charge in [0.2, 0.25) is 0 Å². The lowest BCUT2D eigenvalue weighted by Crippen LogP contribution is -2.40. The van der Waals surface area contributed by atoms with Crippen molar-refractivity contribution in [1.82, 2.24) is 0 Å². The summed E-state index contributed by atoms with van der Waals surface area (Å²) in [6.07, 6.45) is 3.23. The van der Waals surface area contributed by atoms with Crippen molar-refractivity contribution in [3.63, 3.8) is 0 Å². The minimum atomic E-state index is -3.14. The summed E-state index contributed by atoms with van der Waals surface area (Å²) in [5.41, 5.74) is -6.11. The van der Waals surface area contributed by atoms with Crippen molar-refractivity contribution in [3.05, 3.63) is 0 Å². The van der Waals surface area contributed by atoms with E-state index in [-0.39, 0.29) is 41.8 Å². The fraction of sp³-hybridized carbons (Fsp3) is 0.957. The van der Waals surface area contributed by atoms with Gasteiger partial charge in [-0.2, -0.15) is 0 Å². The molecule has 0 aliphatic heterocycles. The summed E-state index contributed by atoms with van der Waals surface area (Å²) in [7, 11) is 0. The Hall–Kier alpha value is -0.410. The average Bonchev–Trinajstić information content (AvgIpc) is 3.07. The number of rotatable bonds is 9. The molecule has 3 atom stereocenters. The largest absolute Gasteiger partial charge is 0.390 e. The highest BCUT2D eigenvalue weighted by atomic mass is 16.3. The van der Waals surface area contributed by atoms with Crippen LogP contribution in [0.1, 0.15) is 121 Å². The Bertz CT molecular complexity index is 757. The van der Waals surface area contributed by atoms with Gasteiger partial charge in [-0.25, -0.2) is 0 Å². The molecule has 2 rings (SSSR count). The molecule has 2 fully saturated rings. The zero-order valence-electron chi connectivity index (χ0n) is 27.8. The van der Waals surface area contributed by atoms with E-state index in [9.17, 15) is 15.0 Å². The summed E-state index contributed by atoms with van der Waals surface area (Å²) in [4.78, 5) is 12.7. The molecule has 2 N–H and O–H groups in total. The number of hydrogen-bond acceptors (Lipinski definition) is 3. The quantitative estimate of drug-likeness (QED) is 0.574. The van der Waals surface area contributed by atoms with E-state index in [0.717, 1.165) is 12.8 Å². The van der Waals surface area contributed by atoms with E-state index in [0.29, 0.717) is 32.1 Å². The summed E-state index contributed by atoms with van der Waals surface area (Å²) in [6.45, 7) is -10.5. The van der Waals surface area contributed by atoms with Gasteiger partial charge in [0.25, 0.3) is 0 Å². The first-order valence-electron chi connectivity index (χ1n) is 15.9. The minimum absolute atomic E-state index is 0.000942. The molecule has 0 radical (unpaired) electrons. The van der Waals surface area contributed by atoms with E-state index in [1.807, 2.05) is 0 Å². The molecule has 0 aromatic heterocycles. The number of carbonyl (C=O) groups is 1. The highest BCUT2D eigenvalue weighted by Gasteiger charge is 2.52. The smallest absolute Gasteiger partial charge is 0.136 e. The van der Waals surface area contributed by atoms with Crippen LogP contribution in [-0.2, 0) is 4.79 Å². The number of fused-ring (bicyclic) bond motifs is 1. The van der Waals surface area contributed by atoms with Crippen LogP contribution in [0.4, 0.5) is 0 Å². The fourth-order valence-electron chi connectivity index (χ4n) is 5.53. The lowest BCUT2D eigenvalue weighted by molar-refractivity contribution is -0.130. The van der Waals surface area contributed by atoms with Crippen molar-refractivity contribution < 1.29 is 31.5 Å². The van der Waals surface area contributed by atoms with Crippen LogP contribution < -0.4 is 0 Å². The van der Waals surface area contributed by atoms with Gasteiger partial charge in [0.1, 0.15) is 5.78 Å². The van der Waals surface area contributed by atoms with E-state index < -0.39 is 51.5 Å². The van der Waals surface area contributed by atoms with Crippen LogP contribution >= 0.6 is 0 Å². The molecule has 3 nitrogen and oxygen atoms in total. The second kappa shape index (κ2) is 8.31. The Morgan fingerprint density at radius 3 is 2.23 bits per heavy atom. The molecule has 0 heterocycles. The second-order valence-electron chi connectivity index (χ2n) is 8.83. The highest BCUT2D eigenvalue weighted by molar-refractivity contribution is 5.83. The second-order valence-corrected chi connectivity index (χ2v) is 8.83. The Balaban J connectivity index is 2.28. The van der Waals surface area contributed by atoms with E-state index in [2.05, 4.69) is 6.92 Å². The standard InChI is InChI=1S/C23H42O3/c1-21(2,25)14-6-9-17(10-7-15-22(3,4)26)18-12-13-19-20(24)11-8-16-23(18,19)5/h17-19,25-26H,6-16H2,1-5H3/t18-,19+,23-/m1/s1/i1D3,2D3,3D3,4D3. The van der Waals surface area contributed by atoms with Gasteiger partial charge in [-0.1, -0.05) is 32.6 Å². The summed E-state index contributed by atoms with van der Waals surface area (Å²) < 4.78 is 91.4. The van der Waals surface area contributed by atoms with E-state index in [1.165, 1.54) is 0 Å². The van der Waals surface area contributed by atoms with Crippen LogP contribution in [0, 0.1) is 23.2 Å². The topological polar surface area (TPSA) is 57.5 Å². The summed E-state index contributed by atoms with van der Waals surface area (Å²) >= 11 is 0. The highest BCUT2D eigenvalue weighted by Crippen LogP contribution is 2.58. The van der Waals surface area contributed by atoms with Crippen molar-refractivity contribution in [2.24, 2.45) is 23.2 Å². The molecule has 2 aliphatic rings. The molecule has 152 valence electrons. The van der Waals surface area contributed by atoms with Crippen molar-refractivity contribution in [2.45, 2.75) is 116 Å². The molecule has 0 aromatic carbocycles. The minimum Gasteiger partial charge on any atom is -0.390 e.